The van der Waals surface area contributed by atoms with Gasteiger partial charge in [0.2, 0.25) is 11.8 Å². The first-order chi connectivity index (χ1) is 12.0. The van der Waals surface area contributed by atoms with E-state index in [2.05, 4.69) is 13.8 Å². The van der Waals surface area contributed by atoms with E-state index in [1.165, 1.54) is 0 Å². The van der Waals surface area contributed by atoms with Gasteiger partial charge in [-0.3, -0.25) is 0 Å². The second kappa shape index (κ2) is 8.85. The van der Waals surface area contributed by atoms with E-state index >= 15 is 0 Å². The Morgan fingerprint density at radius 1 is 0.920 bits per heavy atom. The molecule has 0 amide bonds. The molecule has 0 radical (unpaired) electrons. The highest BCUT2D eigenvalue weighted by molar-refractivity contribution is 5.94. The summed E-state index contributed by atoms with van der Waals surface area (Å²) in [7, 11) is 4.87. The fourth-order valence-corrected chi connectivity index (χ4v) is 3.08. The highest BCUT2D eigenvalue weighted by Gasteiger charge is 2.36. The third kappa shape index (κ3) is 4.31. The molecular weight excluding hydrogens is 320 g/mol. The molecule has 0 fully saturated rings. The molecule has 6 nitrogen and oxygen atoms in total. The molecule has 0 aliphatic carbocycles. The summed E-state index contributed by atoms with van der Waals surface area (Å²) < 4.78 is 16.3. The Labute approximate surface area is 149 Å². The molecule has 1 aromatic carbocycles. The summed E-state index contributed by atoms with van der Waals surface area (Å²) in [6, 6.07) is 7.32. The zero-order valence-electron chi connectivity index (χ0n) is 15.6. The minimum atomic E-state index is -0.324. The molecule has 0 saturated heterocycles. The van der Waals surface area contributed by atoms with Crippen LogP contribution >= 0.6 is 0 Å². The van der Waals surface area contributed by atoms with E-state index in [-0.39, 0.29) is 30.5 Å². The molecule has 1 aliphatic rings. The number of hydrogen-bond donors (Lipinski definition) is 1. The van der Waals surface area contributed by atoms with Crippen molar-refractivity contribution in [1.29, 1.82) is 0 Å². The molecule has 1 heterocycles. The average Bonchev–Trinajstić information content (AvgIpc) is 2.65. The zero-order chi connectivity index (χ0) is 18.4. The van der Waals surface area contributed by atoms with Crippen molar-refractivity contribution in [2.75, 3.05) is 27.9 Å². The van der Waals surface area contributed by atoms with Gasteiger partial charge in [0.15, 0.2) is 0 Å². The molecular formula is C19H28N2O4. The SMILES string of the molecule is COC1=N[C@H](C(C)C)C(OC)=N[C@H]1C(CCO)c1ccc(OC)cc1. The quantitative estimate of drug-likeness (QED) is 0.858. The van der Waals surface area contributed by atoms with Crippen molar-refractivity contribution in [2.24, 2.45) is 15.9 Å². The maximum atomic E-state index is 9.57. The number of rotatable bonds is 6. The van der Waals surface area contributed by atoms with Gasteiger partial charge in [0.25, 0.3) is 0 Å². The van der Waals surface area contributed by atoms with Gasteiger partial charge >= 0.3 is 0 Å². The Hall–Kier alpha value is -2.08. The van der Waals surface area contributed by atoms with Crippen LogP contribution < -0.4 is 4.74 Å². The number of aliphatic imine (C=N–C) groups is 2. The number of methoxy groups -OCH3 is 3. The van der Waals surface area contributed by atoms with E-state index in [1.807, 2.05) is 24.3 Å². The molecule has 25 heavy (non-hydrogen) atoms. The van der Waals surface area contributed by atoms with Gasteiger partial charge in [-0.05, 0) is 30.0 Å². The van der Waals surface area contributed by atoms with Crippen LogP contribution in [0.1, 0.15) is 31.7 Å². The Balaban J connectivity index is 2.40. The van der Waals surface area contributed by atoms with Crippen LogP contribution in [0.15, 0.2) is 34.3 Å². The molecule has 0 bridgehead atoms. The van der Waals surface area contributed by atoms with Gasteiger partial charge in [0.05, 0.1) is 21.3 Å². The van der Waals surface area contributed by atoms with Gasteiger partial charge in [0.1, 0.15) is 17.8 Å². The predicted molar refractivity (Wildman–Crippen MR) is 98.7 cm³/mol. The van der Waals surface area contributed by atoms with Crippen molar-refractivity contribution in [3.63, 3.8) is 0 Å². The molecule has 3 atom stereocenters. The predicted octanol–water partition coefficient (Wildman–Crippen LogP) is 2.66. The molecule has 2 rings (SSSR count). The molecule has 0 spiro atoms. The fraction of sp³-hybridized carbons (Fsp3) is 0.579. The lowest BCUT2D eigenvalue weighted by Crippen LogP contribution is -2.40. The van der Waals surface area contributed by atoms with E-state index in [4.69, 9.17) is 24.2 Å². The van der Waals surface area contributed by atoms with Crippen LogP contribution in [0.5, 0.6) is 5.75 Å². The van der Waals surface area contributed by atoms with Crippen LogP contribution in [0.3, 0.4) is 0 Å². The van der Waals surface area contributed by atoms with Gasteiger partial charge in [-0.25, -0.2) is 9.98 Å². The Kier molecular flexibility index (Phi) is 6.82. The number of aliphatic hydroxyl groups is 1. The van der Waals surface area contributed by atoms with Crippen LogP contribution in [0.25, 0.3) is 0 Å². The molecule has 0 aromatic heterocycles. The van der Waals surface area contributed by atoms with Crippen molar-refractivity contribution >= 4 is 11.8 Å². The highest BCUT2D eigenvalue weighted by atomic mass is 16.5. The van der Waals surface area contributed by atoms with Crippen molar-refractivity contribution in [3.8, 4) is 5.75 Å². The summed E-state index contributed by atoms with van der Waals surface area (Å²) in [5.41, 5.74) is 1.05. The second-order valence-electron chi connectivity index (χ2n) is 6.37. The van der Waals surface area contributed by atoms with Crippen LogP contribution in [0, 0.1) is 5.92 Å². The fourth-order valence-electron chi connectivity index (χ4n) is 3.08. The molecule has 1 aromatic rings. The molecule has 138 valence electrons. The number of nitrogens with zero attached hydrogens (tertiary/aromatic N) is 2. The maximum absolute atomic E-state index is 9.57. The van der Waals surface area contributed by atoms with Crippen LogP contribution in [-0.4, -0.2) is 56.9 Å². The van der Waals surface area contributed by atoms with E-state index in [9.17, 15) is 5.11 Å². The first kappa shape index (κ1) is 19.2. The summed E-state index contributed by atoms with van der Waals surface area (Å²) in [6.07, 6.45) is 0.548. The van der Waals surface area contributed by atoms with Gasteiger partial charge in [-0.2, -0.15) is 0 Å². The van der Waals surface area contributed by atoms with Crippen LogP contribution in [0.4, 0.5) is 0 Å². The number of benzene rings is 1. The summed E-state index contributed by atoms with van der Waals surface area (Å²) in [5, 5.41) is 9.57. The van der Waals surface area contributed by atoms with Crippen molar-refractivity contribution in [2.45, 2.75) is 38.3 Å². The van der Waals surface area contributed by atoms with E-state index in [0.717, 1.165) is 11.3 Å². The number of aliphatic hydroxyl groups excluding tert-OH is 1. The second-order valence-corrected chi connectivity index (χ2v) is 6.37. The summed E-state index contributed by atoms with van der Waals surface area (Å²) in [5.74, 6) is 2.16. The van der Waals surface area contributed by atoms with E-state index in [0.29, 0.717) is 18.2 Å². The van der Waals surface area contributed by atoms with E-state index < -0.39 is 0 Å². The molecule has 0 saturated carbocycles. The molecule has 6 heteroatoms. The van der Waals surface area contributed by atoms with Crippen molar-refractivity contribution in [3.05, 3.63) is 29.8 Å². The normalized spacial score (nSPS) is 21.4. The minimum Gasteiger partial charge on any atom is -0.497 e. The monoisotopic (exact) mass is 348 g/mol. The van der Waals surface area contributed by atoms with E-state index in [1.54, 1.807) is 21.3 Å². The first-order valence-corrected chi connectivity index (χ1v) is 8.53. The van der Waals surface area contributed by atoms with Crippen LogP contribution in [0.2, 0.25) is 0 Å². The van der Waals surface area contributed by atoms with Crippen molar-refractivity contribution in [1.82, 2.24) is 0 Å². The number of ether oxygens (including phenoxy) is 3. The smallest absolute Gasteiger partial charge is 0.210 e. The number of hydrogen-bond acceptors (Lipinski definition) is 6. The standard InChI is InChI=1S/C19H28N2O4/c1-12(2)16-18(24-4)21-17(19(20-16)25-5)15(10-11-22)13-6-8-14(23-3)9-7-13/h6-9,12,15-17,22H,10-11H2,1-5H3/t15?,16-,17+/m1/s1. The largest absolute Gasteiger partial charge is 0.497 e. The third-order valence-electron chi connectivity index (χ3n) is 4.45. The Morgan fingerprint density at radius 3 is 1.96 bits per heavy atom. The highest BCUT2D eigenvalue weighted by Crippen LogP contribution is 2.31. The molecule has 1 N–H and O–H groups in total. The lowest BCUT2D eigenvalue weighted by molar-refractivity contribution is 0.264. The average molecular weight is 348 g/mol. The lowest BCUT2D eigenvalue weighted by Gasteiger charge is -2.31. The van der Waals surface area contributed by atoms with Gasteiger partial charge in [0, 0.05) is 12.5 Å². The maximum Gasteiger partial charge on any atom is 0.210 e. The summed E-state index contributed by atoms with van der Waals surface area (Å²) >= 11 is 0. The third-order valence-corrected chi connectivity index (χ3v) is 4.45. The zero-order valence-corrected chi connectivity index (χ0v) is 15.6. The van der Waals surface area contributed by atoms with Gasteiger partial charge in [-0.15, -0.1) is 0 Å². The van der Waals surface area contributed by atoms with Crippen LogP contribution in [-0.2, 0) is 9.47 Å². The molecule has 1 aliphatic heterocycles. The Bertz CT molecular complexity index is 610. The first-order valence-electron chi connectivity index (χ1n) is 8.53. The molecule has 1 unspecified atom stereocenters. The topological polar surface area (TPSA) is 72.6 Å². The Morgan fingerprint density at radius 2 is 1.48 bits per heavy atom. The summed E-state index contributed by atoms with van der Waals surface area (Å²) in [6.45, 7) is 4.20. The van der Waals surface area contributed by atoms with Gasteiger partial charge in [-0.1, -0.05) is 26.0 Å². The summed E-state index contributed by atoms with van der Waals surface area (Å²) in [4.78, 5) is 9.52. The van der Waals surface area contributed by atoms with Gasteiger partial charge < -0.3 is 19.3 Å². The minimum absolute atomic E-state index is 0.0512. The lowest BCUT2D eigenvalue weighted by atomic mass is 9.87. The van der Waals surface area contributed by atoms with Crippen molar-refractivity contribution < 1.29 is 19.3 Å².